The van der Waals surface area contributed by atoms with Gasteiger partial charge in [0.1, 0.15) is 0 Å². The third kappa shape index (κ3) is 2.96. The Hall–Kier alpha value is -2.74. The summed E-state index contributed by atoms with van der Waals surface area (Å²) in [6.45, 7) is 4.20. The van der Waals surface area contributed by atoms with Gasteiger partial charge in [-0.2, -0.15) is 0 Å². The zero-order chi connectivity index (χ0) is 15.4. The minimum absolute atomic E-state index is 1.08. The Balaban J connectivity index is 0.000000131. The van der Waals surface area contributed by atoms with Gasteiger partial charge in [0.05, 0.1) is 11.0 Å². The molecule has 0 aliphatic heterocycles. The lowest BCUT2D eigenvalue weighted by atomic mass is 10.1. The molecule has 22 heavy (non-hydrogen) atoms. The first kappa shape index (κ1) is 14.2. The molecule has 0 spiro atoms. The van der Waals surface area contributed by atoms with E-state index in [1.807, 2.05) is 54.9 Å². The maximum absolute atomic E-state index is 4.24. The number of para-hydroxylation sites is 1. The summed E-state index contributed by atoms with van der Waals surface area (Å²) in [6, 6.07) is 20.4. The van der Waals surface area contributed by atoms with Crippen molar-refractivity contribution in [2.75, 3.05) is 0 Å². The second-order valence-electron chi connectivity index (χ2n) is 5.29. The third-order valence-electron chi connectivity index (χ3n) is 3.73. The maximum Gasteiger partial charge on any atom is 0.0704 e. The fourth-order valence-corrected chi connectivity index (χ4v) is 2.50. The van der Waals surface area contributed by atoms with Crippen molar-refractivity contribution in [1.82, 2.24) is 9.97 Å². The summed E-state index contributed by atoms with van der Waals surface area (Å²) in [5, 5.41) is 2.49. The van der Waals surface area contributed by atoms with Gasteiger partial charge in [-0.05, 0) is 49.2 Å². The number of nitrogens with zero attached hydrogens (tertiary/aromatic N) is 2. The van der Waals surface area contributed by atoms with Crippen LogP contribution in [0.4, 0.5) is 0 Å². The minimum Gasteiger partial charge on any atom is -0.256 e. The van der Waals surface area contributed by atoms with Crippen molar-refractivity contribution < 1.29 is 0 Å². The number of hydrogen-bond donors (Lipinski definition) is 0. The summed E-state index contributed by atoms with van der Waals surface area (Å²) in [7, 11) is 0. The van der Waals surface area contributed by atoms with Gasteiger partial charge >= 0.3 is 0 Å². The highest BCUT2D eigenvalue weighted by Gasteiger charge is 1.94. The van der Waals surface area contributed by atoms with Gasteiger partial charge in [-0.1, -0.05) is 36.4 Å². The number of aromatic nitrogens is 2. The van der Waals surface area contributed by atoms with E-state index < -0.39 is 0 Å². The first-order chi connectivity index (χ1) is 10.8. The normalized spacial score (nSPS) is 10.3. The lowest BCUT2D eigenvalue weighted by molar-refractivity contribution is 1.37. The molecule has 4 aromatic rings. The second kappa shape index (κ2) is 6.35. The number of hydrogen-bond acceptors (Lipinski definition) is 2. The lowest BCUT2D eigenvalue weighted by Gasteiger charge is -1.97. The molecule has 0 aliphatic rings. The van der Waals surface area contributed by atoms with Crippen LogP contribution in [0, 0.1) is 13.8 Å². The molecule has 0 aliphatic carbocycles. The van der Waals surface area contributed by atoms with Crippen molar-refractivity contribution in [1.29, 1.82) is 0 Å². The van der Waals surface area contributed by atoms with Crippen LogP contribution in [0.15, 0.2) is 73.1 Å². The number of aryl methyl sites for hydroxylation is 2. The summed E-state index contributed by atoms with van der Waals surface area (Å²) in [5.41, 5.74) is 4.73. The van der Waals surface area contributed by atoms with Gasteiger partial charge in [0, 0.05) is 23.2 Å². The van der Waals surface area contributed by atoms with E-state index in [1.165, 1.54) is 21.9 Å². The molecule has 0 radical (unpaired) electrons. The monoisotopic (exact) mass is 286 g/mol. The highest BCUT2D eigenvalue weighted by Crippen LogP contribution is 2.14. The molecule has 2 aromatic carbocycles. The van der Waals surface area contributed by atoms with Crippen LogP contribution in [0.1, 0.15) is 11.1 Å². The molecule has 0 amide bonds. The highest BCUT2D eigenvalue weighted by molar-refractivity contribution is 5.82. The molecule has 108 valence electrons. The predicted octanol–water partition coefficient (Wildman–Crippen LogP) is 5.09. The van der Waals surface area contributed by atoms with Gasteiger partial charge in [0.15, 0.2) is 0 Å². The highest BCUT2D eigenvalue weighted by atomic mass is 14.6. The van der Waals surface area contributed by atoms with E-state index in [0.29, 0.717) is 0 Å². The van der Waals surface area contributed by atoms with E-state index in [1.54, 1.807) is 0 Å². The van der Waals surface area contributed by atoms with Gasteiger partial charge in [-0.15, -0.1) is 0 Å². The summed E-state index contributed by atoms with van der Waals surface area (Å²) in [6.07, 6.45) is 3.67. The average molecular weight is 286 g/mol. The molecule has 0 atom stereocenters. The minimum atomic E-state index is 1.08. The Labute approximate surface area is 130 Å². The van der Waals surface area contributed by atoms with Crippen molar-refractivity contribution in [3.05, 3.63) is 84.2 Å². The van der Waals surface area contributed by atoms with E-state index in [-0.39, 0.29) is 0 Å². The molecule has 4 rings (SSSR count). The molecule has 0 saturated carbocycles. The maximum atomic E-state index is 4.24. The van der Waals surface area contributed by atoms with Crippen molar-refractivity contribution in [2.24, 2.45) is 0 Å². The van der Waals surface area contributed by atoms with Crippen LogP contribution >= 0.6 is 0 Å². The van der Waals surface area contributed by atoms with Crippen molar-refractivity contribution in [2.45, 2.75) is 13.8 Å². The van der Waals surface area contributed by atoms with Crippen molar-refractivity contribution in [3.63, 3.8) is 0 Å². The Morgan fingerprint density at radius 3 is 1.91 bits per heavy atom. The van der Waals surface area contributed by atoms with Crippen LogP contribution in [0.25, 0.3) is 21.8 Å². The van der Waals surface area contributed by atoms with Gasteiger partial charge in [0.2, 0.25) is 0 Å². The second-order valence-corrected chi connectivity index (χ2v) is 5.29. The Bertz CT molecular complexity index is 825. The topological polar surface area (TPSA) is 25.8 Å². The Morgan fingerprint density at radius 1 is 0.545 bits per heavy atom. The third-order valence-corrected chi connectivity index (χ3v) is 3.73. The van der Waals surface area contributed by atoms with E-state index >= 15 is 0 Å². The molecule has 0 bridgehead atoms. The SMILES string of the molecule is Cc1cccc2ncccc12.Cc1ccnc2ccccc12. The van der Waals surface area contributed by atoms with Crippen LogP contribution < -0.4 is 0 Å². The predicted molar refractivity (Wildman–Crippen MR) is 93.0 cm³/mol. The van der Waals surface area contributed by atoms with Crippen molar-refractivity contribution >= 4 is 21.8 Å². The molecule has 0 saturated heterocycles. The fourth-order valence-electron chi connectivity index (χ4n) is 2.50. The standard InChI is InChI=1S/2C10H9N/c1-8-4-2-6-10-9(8)5-3-7-11-10;1-8-6-7-11-10-5-3-2-4-9(8)10/h2*2-7H,1H3. The molecule has 2 heterocycles. The molecular formula is C20H18N2. The molecule has 2 aromatic heterocycles. The van der Waals surface area contributed by atoms with E-state index in [0.717, 1.165) is 11.0 Å². The quantitative estimate of drug-likeness (QED) is 0.450. The molecular weight excluding hydrogens is 268 g/mol. The first-order valence-corrected chi connectivity index (χ1v) is 7.36. The smallest absolute Gasteiger partial charge is 0.0704 e. The number of rotatable bonds is 0. The Kier molecular flexibility index (Phi) is 4.10. The van der Waals surface area contributed by atoms with Gasteiger partial charge in [0.25, 0.3) is 0 Å². The molecule has 0 N–H and O–H groups in total. The molecule has 0 fully saturated rings. The van der Waals surface area contributed by atoms with Crippen LogP contribution in [-0.4, -0.2) is 9.97 Å². The van der Waals surface area contributed by atoms with E-state index in [2.05, 4.69) is 42.0 Å². The number of benzene rings is 2. The molecule has 2 nitrogen and oxygen atoms in total. The van der Waals surface area contributed by atoms with Gasteiger partial charge in [-0.25, -0.2) is 0 Å². The average Bonchev–Trinajstić information content (AvgIpc) is 2.57. The Morgan fingerprint density at radius 2 is 1.14 bits per heavy atom. The molecule has 0 unspecified atom stereocenters. The fraction of sp³-hybridized carbons (Fsp3) is 0.100. The zero-order valence-electron chi connectivity index (χ0n) is 12.8. The van der Waals surface area contributed by atoms with Gasteiger partial charge in [-0.3, -0.25) is 9.97 Å². The van der Waals surface area contributed by atoms with Crippen LogP contribution in [0.2, 0.25) is 0 Å². The van der Waals surface area contributed by atoms with Crippen LogP contribution in [0.3, 0.4) is 0 Å². The number of fused-ring (bicyclic) bond motifs is 2. The first-order valence-electron chi connectivity index (χ1n) is 7.36. The summed E-state index contributed by atoms with van der Waals surface area (Å²) in [4.78, 5) is 8.48. The number of pyridine rings is 2. The largest absolute Gasteiger partial charge is 0.256 e. The van der Waals surface area contributed by atoms with Crippen LogP contribution in [0.5, 0.6) is 0 Å². The van der Waals surface area contributed by atoms with Crippen LogP contribution in [-0.2, 0) is 0 Å². The molecule has 2 heteroatoms. The van der Waals surface area contributed by atoms with Gasteiger partial charge < -0.3 is 0 Å². The van der Waals surface area contributed by atoms with E-state index in [4.69, 9.17) is 0 Å². The summed E-state index contributed by atoms with van der Waals surface area (Å²) in [5.74, 6) is 0. The van der Waals surface area contributed by atoms with Crippen molar-refractivity contribution in [3.8, 4) is 0 Å². The summed E-state index contributed by atoms with van der Waals surface area (Å²) >= 11 is 0. The zero-order valence-corrected chi connectivity index (χ0v) is 12.8. The van der Waals surface area contributed by atoms with E-state index in [9.17, 15) is 0 Å². The lowest BCUT2D eigenvalue weighted by Crippen LogP contribution is -1.79. The summed E-state index contributed by atoms with van der Waals surface area (Å²) < 4.78 is 0.